The van der Waals surface area contributed by atoms with Crippen LogP contribution in [0.3, 0.4) is 0 Å². The van der Waals surface area contributed by atoms with E-state index in [2.05, 4.69) is 20.6 Å². The van der Waals surface area contributed by atoms with Crippen LogP contribution in [0.15, 0.2) is 58.6 Å². The van der Waals surface area contributed by atoms with Crippen molar-refractivity contribution in [3.8, 4) is 17.2 Å². The number of rotatable bonds is 5. The molecule has 0 atom stereocenters. The summed E-state index contributed by atoms with van der Waals surface area (Å²) in [5.41, 5.74) is 6.05. The number of pyridine rings is 1. The topological polar surface area (TPSA) is 122 Å². The minimum absolute atomic E-state index is 0.0131. The van der Waals surface area contributed by atoms with Gasteiger partial charge in [0.15, 0.2) is 11.5 Å². The van der Waals surface area contributed by atoms with E-state index in [4.69, 9.17) is 4.74 Å². The number of hydrogen-bond donors (Lipinski definition) is 3. The number of H-pyrrole nitrogens is 1. The molecule has 4 rings (SSSR count). The molecule has 0 bridgehead atoms. The summed E-state index contributed by atoms with van der Waals surface area (Å²) in [6.45, 7) is 3.71. The lowest BCUT2D eigenvalue weighted by Crippen LogP contribution is -2.18. The van der Waals surface area contributed by atoms with Crippen LogP contribution in [0.4, 0.5) is 0 Å². The number of phenols is 1. The number of ether oxygens (including phenoxy) is 1. The van der Waals surface area contributed by atoms with Gasteiger partial charge < -0.3 is 14.8 Å². The van der Waals surface area contributed by atoms with E-state index in [1.165, 1.54) is 31.7 Å². The lowest BCUT2D eigenvalue weighted by molar-refractivity contribution is 0.0954. The number of aryl methyl sites for hydroxylation is 1. The maximum Gasteiger partial charge on any atom is 0.274 e. The summed E-state index contributed by atoms with van der Waals surface area (Å²) in [4.78, 5) is 27.6. The molecule has 0 saturated carbocycles. The van der Waals surface area contributed by atoms with E-state index in [0.717, 1.165) is 10.9 Å². The number of carbonyl (C=O) groups is 1. The Bertz CT molecular complexity index is 1420. The maximum absolute atomic E-state index is 12.7. The second kappa shape index (κ2) is 8.38. The highest BCUT2D eigenvalue weighted by atomic mass is 16.5. The Hall–Kier alpha value is -4.40. The third-order valence-electron chi connectivity index (χ3n) is 5.04. The van der Waals surface area contributed by atoms with E-state index in [-0.39, 0.29) is 11.3 Å². The molecule has 0 aliphatic carbocycles. The van der Waals surface area contributed by atoms with Gasteiger partial charge in [0.1, 0.15) is 0 Å². The number of nitrogens with one attached hydrogen (secondary N) is 2. The number of fused-ring (bicyclic) bond motifs is 1. The van der Waals surface area contributed by atoms with E-state index in [9.17, 15) is 14.7 Å². The molecule has 4 aromatic rings. The predicted molar refractivity (Wildman–Crippen MR) is 121 cm³/mol. The smallest absolute Gasteiger partial charge is 0.274 e. The number of amides is 1. The van der Waals surface area contributed by atoms with Gasteiger partial charge in [0.25, 0.3) is 11.5 Å². The standard InChI is InChI=1S/C23H21N5O4/c1-13-4-6-18-16(8-13)19(10-22(30)26-18)28-14(2)17(12-25-28)23(31)27-24-11-15-5-7-20(29)21(9-15)32-3/h4-12,29H,1-3H3,(H,26,30)(H,27,31)/b24-11-. The van der Waals surface area contributed by atoms with Crippen LogP contribution in [0.1, 0.15) is 27.2 Å². The van der Waals surface area contributed by atoms with Gasteiger partial charge in [-0.25, -0.2) is 10.1 Å². The summed E-state index contributed by atoms with van der Waals surface area (Å²) < 4.78 is 6.62. The molecule has 9 nitrogen and oxygen atoms in total. The molecule has 3 N–H and O–H groups in total. The van der Waals surface area contributed by atoms with Crippen molar-refractivity contribution < 1.29 is 14.6 Å². The number of benzene rings is 2. The third kappa shape index (κ3) is 3.95. The van der Waals surface area contributed by atoms with E-state index < -0.39 is 5.91 Å². The lowest BCUT2D eigenvalue weighted by atomic mass is 10.1. The molecule has 0 fully saturated rings. The largest absolute Gasteiger partial charge is 0.504 e. The van der Waals surface area contributed by atoms with Crippen LogP contribution in [0.2, 0.25) is 0 Å². The molecule has 2 heterocycles. The fourth-order valence-corrected chi connectivity index (χ4v) is 3.40. The first-order chi connectivity index (χ1) is 15.4. The molecule has 9 heteroatoms. The molecule has 0 aliphatic rings. The molecule has 0 radical (unpaired) electrons. The first-order valence-corrected chi connectivity index (χ1v) is 9.76. The first kappa shape index (κ1) is 20.9. The highest BCUT2D eigenvalue weighted by Crippen LogP contribution is 2.25. The summed E-state index contributed by atoms with van der Waals surface area (Å²) in [6, 6.07) is 11.9. The van der Waals surface area contributed by atoms with Gasteiger partial charge in [-0.05, 0) is 49.7 Å². The Morgan fingerprint density at radius 3 is 2.81 bits per heavy atom. The number of carbonyl (C=O) groups excluding carboxylic acids is 1. The lowest BCUT2D eigenvalue weighted by Gasteiger charge is -2.09. The van der Waals surface area contributed by atoms with Gasteiger partial charge in [-0.15, -0.1) is 0 Å². The molecule has 0 saturated heterocycles. The fraction of sp³-hybridized carbons (Fsp3) is 0.130. The zero-order valence-electron chi connectivity index (χ0n) is 17.7. The van der Waals surface area contributed by atoms with Crippen molar-refractivity contribution in [1.29, 1.82) is 0 Å². The Labute approximate surface area is 183 Å². The number of methoxy groups -OCH3 is 1. The van der Waals surface area contributed by atoms with E-state index in [1.54, 1.807) is 23.7 Å². The molecule has 0 spiro atoms. The Morgan fingerprint density at radius 2 is 2.03 bits per heavy atom. The van der Waals surface area contributed by atoms with Crippen molar-refractivity contribution in [3.05, 3.63) is 81.4 Å². The fourth-order valence-electron chi connectivity index (χ4n) is 3.40. The van der Waals surface area contributed by atoms with Crippen molar-refractivity contribution in [2.24, 2.45) is 5.10 Å². The average molecular weight is 431 g/mol. The van der Waals surface area contributed by atoms with Crippen LogP contribution in [-0.4, -0.2) is 39.1 Å². The van der Waals surface area contributed by atoms with Crippen LogP contribution < -0.4 is 15.7 Å². The van der Waals surface area contributed by atoms with Gasteiger partial charge >= 0.3 is 0 Å². The van der Waals surface area contributed by atoms with Gasteiger partial charge in [0.2, 0.25) is 0 Å². The summed E-state index contributed by atoms with van der Waals surface area (Å²) in [6.07, 6.45) is 2.87. The van der Waals surface area contributed by atoms with Crippen LogP contribution in [-0.2, 0) is 0 Å². The summed E-state index contributed by atoms with van der Waals surface area (Å²) in [5, 5.41) is 18.8. The number of aromatic hydroxyl groups is 1. The zero-order chi connectivity index (χ0) is 22.8. The molecule has 2 aromatic heterocycles. The number of nitrogens with zero attached hydrogens (tertiary/aromatic N) is 3. The van der Waals surface area contributed by atoms with Gasteiger partial charge in [0, 0.05) is 11.5 Å². The van der Waals surface area contributed by atoms with Crippen molar-refractivity contribution in [1.82, 2.24) is 20.2 Å². The van der Waals surface area contributed by atoms with E-state index in [1.807, 2.05) is 25.1 Å². The third-order valence-corrected chi connectivity index (χ3v) is 5.04. The van der Waals surface area contributed by atoms with Gasteiger partial charge in [-0.2, -0.15) is 10.2 Å². The molecular formula is C23H21N5O4. The molecule has 32 heavy (non-hydrogen) atoms. The molecular weight excluding hydrogens is 410 g/mol. The van der Waals surface area contributed by atoms with Crippen molar-refractivity contribution in [2.75, 3.05) is 7.11 Å². The Morgan fingerprint density at radius 1 is 1.22 bits per heavy atom. The Kier molecular flexibility index (Phi) is 5.46. The number of aromatic amines is 1. The SMILES string of the molecule is COc1cc(/C=N\NC(=O)c2cnn(-c3cc(=O)[nH]c4ccc(C)cc34)c2C)ccc1O. The average Bonchev–Trinajstić information content (AvgIpc) is 3.15. The second-order valence-electron chi connectivity index (χ2n) is 7.25. The summed E-state index contributed by atoms with van der Waals surface area (Å²) >= 11 is 0. The monoisotopic (exact) mass is 431 g/mol. The van der Waals surface area contributed by atoms with Gasteiger partial charge in [0.05, 0.1) is 42.0 Å². The Balaban J connectivity index is 1.61. The van der Waals surface area contributed by atoms with Crippen LogP contribution in [0, 0.1) is 13.8 Å². The van der Waals surface area contributed by atoms with Crippen LogP contribution in [0.5, 0.6) is 11.5 Å². The van der Waals surface area contributed by atoms with Gasteiger partial charge in [-0.3, -0.25) is 9.59 Å². The van der Waals surface area contributed by atoms with Gasteiger partial charge in [-0.1, -0.05) is 11.6 Å². The van der Waals surface area contributed by atoms with Crippen molar-refractivity contribution in [2.45, 2.75) is 13.8 Å². The number of hydrogen-bond acceptors (Lipinski definition) is 6. The van der Waals surface area contributed by atoms with Crippen molar-refractivity contribution >= 4 is 23.0 Å². The number of aromatic nitrogens is 3. The molecule has 0 unspecified atom stereocenters. The highest BCUT2D eigenvalue weighted by molar-refractivity contribution is 5.96. The molecule has 0 aliphatic heterocycles. The predicted octanol–water partition coefficient (Wildman–Crippen LogP) is 2.81. The van der Waals surface area contributed by atoms with Crippen LogP contribution in [0.25, 0.3) is 16.6 Å². The van der Waals surface area contributed by atoms with E-state index in [0.29, 0.717) is 33.8 Å². The summed E-state index contributed by atoms with van der Waals surface area (Å²) in [5.74, 6) is -0.127. The number of hydrazone groups is 1. The minimum Gasteiger partial charge on any atom is -0.504 e. The number of phenolic OH excluding ortho intramolecular Hbond substituents is 1. The normalized spacial score (nSPS) is 11.2. The maximum atomic E-state index is 12.7. The zero-order valence-corrected chi connectivity index (χ0v) is 17.7. The van der Waals surface area contributed by atoms with Crippen LogP contribution >= 0.6 is 0 Å². The summed E-state index contributed by atoms with van der Waals surface area (Å²) in [7, 11) is 1.45. The quantitative estimate of drug-likeness (QED) is 0.331. The molecule has 162 valence electrons. The molecule has 2 aromatic carbocycles. The van der Waals surface area contributed by atoms with E-state index >= 15 is 0 Å². The highest BCUT2D eigenvalue weighted by Gasteiger charge is 2.17. The molecule has 1 amide bonds. The van der Waals surface area contributed by atoms with Crippen molar-refractivity contribution in [3.63, 3.8) is 0 Å². The first-order valence-electron chi connectivity index (χ1n) is 9.76. The minimum atomic E-state index is -0.443. The second-order valence-corrected chi connectivity index (χ2v) is 7.25.